The van der Waals surface area contributed by atoms with Crippen molar-refractivity contribution in [3.05, 3.63) is 188 Å². The third kappa shape index (κ3) is 5.38. The van der Waals surface area contributed by atoms with Crippen molar-refractivity contribution in [2.24, 2.45) is 0 Å². The minimum atomic E-state index is 0.620. The molecule has 0 radical (unpaired) electrons. The first kappa shape index (κ1) is 32.2. The molecule has 0 aliphatic heterocycles. The van der Waals surface area contributed by atoms with Crippen molar-refractivity contribution in [1.29, 1.82) is 0 Å². The third-order valence-corrected chi connectivity index (χ3v) is 11.7. The molecule has 4 aromatic heterocycles. The summed E-state index contributed by atoms with van der Waals surface area (Å²) in [6.45, 7) is 0. The van der Waals surface area contributed by atoms with Crippen LogP contribution < -0.4 is 0 Å². The molecule has 0 bridgehead atoms. The van der Waals surface area contributed by atoms with E-state index in [0.29, 0.717) is 17.5 Å². The number of rotatable bonds is 6. The Morgan fingerprint density at radius 2 is 0.964 bits per heavy atom. The molecule has 0 amide bonds. The normalized spacial score (nSPS) is 11.6. The second-order valence-corrected chi connectivity index (χ2v) is 14.9. The molecule has 0 unspecified atom stereocenters. The van der Waals surface area contributed by atoms with Gasteiger partial charge in [-0.05, 0) is 29.1 Å². The van der Waals surface area contributed by atoms with Crippen molar-refractivity contribution < 1.29 is 0 Å². The molecule has 0 atom stereocenters. The molecule has 0 fully saturated rings. The topological polar surface area (TPSA) is 56.0 Å². The third-order valence-electron chi connectivity index (χ3n) is 10.5. The summed E-state index contributed by atoms with van der Waals surface area (Å²) < 4.78 is 4.54. The number of fused-ring (bicyclic) bond motifs is 6. The minimum Gasteiger partial charge on any atom is -0.231 e. The number of hydrogen-bond acceptors (Lipinski definition) is 5. The van der Waals surface area contributed by atoms with Gasteiger partial charge < -0.3 is 0 Å². The van der Waals surface area contributed by atoms with Crippen molar-refractivity contribution in [3.8, 4) is 67.8 Å². The lowest BCUT2D eigenvalue weighted by atomic mass is 9.96. The SMILES string of the molecule is c1ccc(-c2nc(-c3ccc(-c4nn5c(-c6ccccc6)cc6ccccc6c5c4-c4ccccc4)cc3)nc(-c3cccc4c3sc3ccccc34)n2)cc1. The summed E-state index contributed by atoms with van der Waals surface area (Å²) in [6.07, 6.45) is 0. The van der Waals surface area contributed by atoms with Gasteiger partial charge in [-0.15, -0.1) is 11.3 Å². The van der Waals surface area contributed by atoms with Crippen molar-refractivity contribution in [1.82, 2.24) is 24.6 Å². The maximum absolute atomic E-state index is 5.42. The van der Waals surface area contributed by atoms with Crippen LogP contribution in [-0.4, -0.2) is 24.6 Å². The fraction of sp³-hybridized carbons (Fsp3) is 0. The first-order valence-corrected chi connectivity index (χ1v) is 19.5. The van der Waals surface area contributed by atoms with Gasteiger partial charge in [-0.25, -0.2) is 19.5 Å². The average molecular weight is 734 g/mol. The van der Waals surface area contributed by atoms with Crippen LogP contribution in [0.4, 0.5) is 0 Å². The van der Waals surface area contributed by atoms with Gasteiger partial charge in [-0.2, -0.15) is 5.10 Å². The van der Waals surface area contributed by atoms with Gasteiger partial charge in [0.05, 0.1) is 11.2 Å². The fourth-order valence-electron chi connectivity index (χ4n) is 7.83. The highest BCUT2D eigenvalue weighted by molar-refractivity contribution is 7.26. The molecule has 11 aromatic rings. The lowest BCUT2D eigenvalue weighted by molar-refractivity contribution is 0.979. The van der Waals surface area contributed by atoms with E-state index in [1.807, 2.05) is 30.3 Å². The largest absolute Gasteiger partial charge is 0.231 e. The van der Waals surface area contributed by atoms with Crippen LogP contribution >= 0.6 is 11.3 Å². The van der Waals surface area contributed by atoms with Gasteiger partial charge >= 0.3 is 0 Å². The number of benzene rings is 7. The zero-order valence-electron chi connectivity index (χ0n) is 30.0. The molecule has 0 aliphatic rings. The van der Waals surface area contributed by atoms with E-state index >= 15 is 0 Å². The van der Waals surface area contributed by atoms with Gasteiger partial charge in [0.25, 0.3) is 0 Å². The number of aromatic nitrogens is 5. The van der Waals surface area contributed by atoms with E-state index in [2.05, 4.69) is 162 Å². The Hall–Kier alpha value is -7.28. The minimum absolute atomic E-state index is 0.620. The van der Waals surface area contributed by atoms with Gasteiger partial charge in [-0.1, -0.05) is 170 Å². The van der Waals surface area contributed by atoms with E-state index in [1.54, 1.807) is 11.3 Å². The Labute approximate surface area is 326 Å². The molecule has 11 rings (SSSR count). The van der Waals surface area contributed by atoms with Crippen LogP contribution in [0.25, 0.3) is 104 Å². The molecular weight excluding hydrogens is 703 g/mol. The molecule has 0 aliphatic carbocycles. The van der Waals surface area contributed by atoms with Gasteiger partial charge in [0.2, 0.25) is 0 Å². The highest BCUT2D eigenvalue weighted by Crippen LogP contribution is 2.42. The van der Waals surface area contributed by atoms with Crippen LogP contribution in [0, 0.1) is 0 Å². The second kappa shape index (κ2) is 13.2. The predicted molar refractivity (Wildman–Crippen MR) is 232 cm³/mol. The van der Waals surface area contributed by atoms with E-state index < -0.39 is 0 Å². The van der Waals surface area contributed by atoms with Crippen molar-refractivity contribution in [2.75, 3.05) is 0 Å². The Kier molecular flexibility index (Phi) is 7.60. The Morgan fingerprint density at radius 1 is 0.411 bits per heavy atom. The van der Waals surface area contributed by atoms with Gasteiger partial charge in [0.15, 0.2) is 17.5 Å². The number of nitrogens with zero attached hydrogens (tertiary/aromatic N) is 5. The van der Waals surface area contributed by atoms with Crippen LogP contribution in [0.2, 0.25) is 0 Å². The summed E-state index contributed by atoms with van der Waals surface area (Å²) in [5, 5.41) is 10.2. The van der Waals surface area contributed by atoms with Crippen molar-refractivity contribution in [3.63, 3.8) is 0 Å². The summed E-state index contributed by atoms with van der Waals surface area (Å²) in [5.41, 5.74) is 10.2. The molecule has 0 N–H and O–H groups in total. The first-order chi connectivity index (χ1) is 27.8. The molecule has 7 aromatic carbocycles. The van der Waals surface area contributed by atoms with E-state index in [-0.39, 0.29) is 0 Å². The van der Waals surface area contributed by atoms with Crippen molar-refractivity contribution >= 4 is 47.8 Å². The second-order valence-electron chi connectivity index (χ2n) is 13.9. The molecule has 262 valence electrons. The van der Waals surface area contributed by atoms with Crippen LogP contribution in [0.5, 0.6) is 0 Å². The lowest BCUT2D eigenvalue weighted by Gasteiger charge is -2.10. The summed E-state index contributed by atoms with van der Waals surface area (Å²) in [4.78, 5) is 15.3. The average Bonchev–Trinajstić information content (AvgIpc) is 3.87. The maximum atomic E-state index is 5.42. The van der Waals surface area contributed by atoms with E-state index in [0.717, 1.165) is 61.2 Å². The standard InChI is InChI=1S/C50H31N5S/c1-4-15-32(16-5-1)42-31-37-21-10-11-22-38(37)46-44(33-17-6-2-7-18-33)45(54-55(42)46)34-27-29-36(30-28-34)49-51-48(35-19-8-3-9-20-35)52-50(53-49)41-25-14-24-40-39-23-12-13-26-43(39)56-47(40)41/h1-31H. The van der Waals surface area contributed by atoms with E-state index in [4.69, 9.17) is 20.1 Å². The van der Waals surface area contributed by atoms with Crippen LogP contribution in [0.15, 0.2) is 188 Å². The number of hydrogen-bond donors (Lipinski definition) is 0. The molecule has 4 heterocycles. The smallest absolute Gasteiger partial charge is 0.165 e. The van der Waals surface area contributed by atoms with Crippen LogP contribution in [0.1, 0.15) is 0 Å². The summed E-state index contributed by atoms with van der Waals surface area (Å²) in [6, 6.07) is 65.6. The fourth-order valence-corrected chi connectivity index (χ4v) is 9.04. The summed E-state index contributed by atoms with van der Waals surface area (Å²) in [7, 11) is 0. The molecule has 6 heteroatoms. The zero-order valence-corrected chi connectivity index (χ0v) is 30.9. The number of pyridine rings is 1. The van der Waals surface area contributed by atoms with Crippen LogP contribution in [-0.2, 0) is 0 Å². The van der Waals surface area contributed by atoms with Crippen molar-refractivity contribution in [2.45, 2.75) is 0 Å². The van der Waals surface area contributed by atoms with E-state index in [1.165, 1.54) is 25.6 Å². The predicted octanol–water partition coefficient (Wildman–Crippen LogP) is 13.0. The summed E-state index contributed by atoms with van der Waals surface area (Å²) in [5.74, 6) is 1.91. The molecular formula is C50H31N5S. The Morgan fingerprint density at radius 3 is 1.70 bits per heavy atom. The van der Waals surface area contributed by atoms with Gasteiger partial charge in [0.1, 0.15) is 5.69 Å². The highest BCUT2D eigenvalue weighted by Gasteiger charge is 2.22. The molecule has 56 heavy (non-hydrogen) atoms. The number of thiophene rings is 1. The highest BCUT2D eigenvalue weighted by atomic mass is 32.1. The quantitative estimate of drug-likeness (QED) is 0.171. The first-order valence-electron chi connectivity index (χ1n) is 18.7. The maximum Gasteiger partial charge on any atom is 0.165 e. The molecule has 0 spiro atoms. The monoisotopic (exact) mass is 733 g/mol. The zero-order chi connectivity index (χ0) is 37.0. The van der Waals surface area contributed by atoms with E-state index in [9.17, 15) is 0 Å². The summed E-state index contributed by atoms with van der Waals surface area (Å²) >= 11 is 1.78. The molecule has 0 saturated heterocycles. The van der Waals surface area contributed by atoms with Gasteiger partial charge in [0, 0.05) is 58.9 Å². The molecule has 5 nitrogen and oxygen atoms in total. The molecule has 0 saturated carbocycles. The Balaban J connectivity index is 1.10. The Bertz CT molecular complexity index is 3230. The van der Waals surface area contributed by atoms with Gasteiger partial charge in [-0.3, -0.25) is 0 Å². The lowest BCUT2D eigenvalue weighted by Crippen LogP contribution is -2.00. The van der Waals surface area contributed by atoms with Crippen LogP contribution in [0.3, 0.4) is 0 Å².